The molecule has 7 nitrogen and oxygen atoms in total. The number of carbonyl (C=O) groups excluding carboxylic acids is 1. The molecule has 158 valence electrons. The van der Waals surface area contributed by atoms with Crippen LogP contribution in [0.1, 0.15) is 41.6 Å². The van der Waals surface area contributed by atoms with Gasteiger partial charge in [0, 0.05) is 36.9 Å². The Morgan fingerprint density at radius 3 is 2.10 bits per heavy atom. The van der Waals surface area contributed by atoms with Crippen molar-refractivity contribution in [3.63, 3.8) is 0 Å². The van der Waals surface area contributed by atoms with Crippen LogP contribution in [0.25, 0.3) is 23.0 Å². The molecule has 0 bridgehead atoms. The topological polar surface area (TPSA) is 99.3 Å². The molecule has 0 unspecified atom stereocenters. The van der Waals surface area contributed by atoms with Gasteiger partial charge in [0.25, 0.3) is 5.91 Å². The van der Waals surface area contributed by atoms with Gasteiger partial charge in [0.05, 0.1) is 0 Å². The Labute approximate surface area is 181 Å². The molecule has 0 atom stereocenters. The number of hydrogen-bond acceptors (Lipinski definition) is 4. The Hall–Kier alpha value is -3.74. The molecule has 7 heteroatoms. The number of benzene rings is 1. The van der Waals surface area contributed by atoms with E-state index in [9.17, 15) is 4.79 Å². The first-order valence-electron chi connectivity index (χ1n) is 10.6. The molecule has 0 saturated heterocycles. The number of unbranched alkanes of at least 4 members (excludes halogenated alkanes) is 3. The van der Waals surface area contributed by atoms with E-state index in [4.69, 9.17) is 4.98 Å². The summed E-state index contributed by atoms with van der Waals surface area (Å²) in [5.74, 6) is 1.50. The maximum absolute atomic E-state index is 12.0. The van der Waals surface area contributed by atoms with E-state index in [1.54, 1.807) is 24.8 Å². The zero-order chi connectivity index (χ0) is 21.3. The van der Waals surface area contributed by atoms with Gasteiger partial charge < -0.3 is 15.3 Å². The molecule has 0 spiro atoms. The van der Waals surface area contributed by atoms with Crippen LogP contribution in [-0.2, 0) is 6.42 Å². The van der Waals surface area contributed by atoms with Gasteiger partial charge in [-0.15, -0.1) is 0 Å². The normalized spacial score (nSPS) is 10.8. The fourth-order valence-corrected chi connectivity index (χ4v) is 3.49. The number of H-pyrrole nitrogens is 2. The number of nitrogens with zero attached hydrogens (tertiary/aromatic N) is 3. The molecule has 0 fully saturated rings. The number of pyridine rings is 1. The third-order valence-electron chi connectivity index (χ3n) is 5.08. The summed E-state index contributed by atoms with van der Waals surface area (Å²) in [6, 6.07) is 13.5. The first-order valence-corrected chi connectivity index (χ1v) is 10.6. The van der Waals surface area contributed by atoms with Gasteiger partial charge in [-0.05, 0) is 49.1 Å². The summed E-state index contributed by atoms with van der Waals surface area (Å²) >= 11 is 0. The van der Waals surface area contributed by atoms with E-state index < -0.39 is 0 Å². The van der Waals surface area contributed by atoms with Crippen LogP contribution in [0.15, 0.2) is 67.3 Å². The van der Waals surface area contributed by atoms with Crippen molar-refractivity contribution in [2.75, 3.05) is 6.54 Å². The molecule has 0 saturated carbocycles. The van der Waals surface area contributed by atoms with Gasteiger partial charge in [-0.2, -0.15) is 0 Å². The second kappa shape index (κ2) is 10.3. The number of nitrogens with one attached hydrogen (secondary N) is 3. The molecular formula is C24H26N6O. The lowest BCUT2D eigenvalue weighted by molar-refractivity contribution is 0.0953. The number of hydrogen-bond donors (Lipinski definition) is 3. The largest absolute Gasteiger partial charge is 0.352 e. The van der Waals surface area contributed by atoms with Crippen LogP contribution in [0.5, 0.6) is 0 Å². The van der Waals surface area contributed by atoms with Gasteiger partial charge >= 0.3 is 0 Å². The summed E-state index contributed by atoms with van der Waals surface area (Å²) in [7, 11) is 0. The summed E-state index contributed by atoms with van der Waals surface area (Å²) in [6.45, 7) is 0.703. The van der Waals surface area contributed by atoms with E-state index in [1.165, 1.54) is 5.56 Å². The van der Waals surface area contributed by atoms with E-state index in [0.717, 1.165) is 55.1 Å². The maximum Gasteiger partial charge on any atom is 0.251 e. The Kier molecular flexibility index (Phi) is 6.85. The summed E-state index contributed by atoms with van der Waals surface area (Å²) in [4.78, 5) is 31.7. The summed E-state index contributed by atoms with van der Waals surface area (Å²) < 4.78 is 0. The van der Waals surface area contributed by atoms with Gasteiger partial charge in [-0.25, -0.2) is 15.0 Å². The van der Waals surface area contributed by atoms with Crippen LogP contribution in [0.3, 0.4) is 0 Å². The Balaban J connectivity index is 1.26. The Bertz CT molecular complexity index is 1020. The molecular weight excluding hydrogens is 388 g/mol. The minimum Gasteiger partial charge on any atom is -0.352 e. The van der Waals surface area contributed by atoms with Crippen LogP contribution < -0.4 is 5.32 Å². The fourth-order valence-electron chi connectivity index (χ4n) is 3.49. The highest BCUT2D eigenvalue weighted by Gasteiger charge is 2.10. The van der Waals surface area contributed by atoms with Crippen molar-refractivity contribution >= 4 is 5.91 Å². The van der Waals surface area contributed by atoms with Gasteiger partial charge in [0.2, 0.25) is 0 Å². The zero-order valence-corrected chi connectivity index (χ0v) is 17.3. The van der Waals surface area contributed by atoms with Crippen molar-refractivity contribution < 1.29 is 4.79 Å². The van der Waals surface area contributed by atoms with Crippen LogP contribution in [-0.4, -0.2) is 37.4 Å². The second-order valence-electron chi connectivity index (χ2n) is 7.41. The average molecular weight is 415 g/mol. The monoisotopic (exact) mass is 414 g/mol. The SMILES string of the molecule is O=C(NCCCCCCc1cc(-c2ncc[nH]2)nc(-c2ncc[nH]2)c1)c1ccccc1. The molecule has 1 amide bonds. The fraction of sp³-hybridized carbons (Fsp3) is 0.250. The number of aromatic amines is 2. The molecule has 3 aromatic heterocycles. The number of imidazole rings is 2. The number of carbonyl (C=O) groups is 1. The van der Waals surface area contributed by atoms with E-state index >= 15 is 0 Å². The first-order chi connectivity index (χ1) is 15.3. The lowest BCUT2D eigenvalue weighted by Gasteiger charge is -2.08. The number of amides is 1. The smallest absolute Gasteiger partial charge is 0.251 e. The molecule has 3 heterocycles. The Morgan fingerprint density at radius 2 is 1.48 bits per heavy atom. The van der Waals surface area contributed by atoms with E-state index in [0.29, 0.717) is 12.1 Å². The number of rotatable bonds is 10. The predicted octanol–water partition coefficient (Wildman–Crippen LogP) is 4.39. The quantitative estimate of drug-likeness (QED) is 0.335. The predicted molar refractivity (Wildman–Crippen MR) is 120 cm³/mol. The molecule has 3 N–H and O–H groups in total. The van der Waals surface area contributed by atoms with Crippen LogP contribution >= 0.6 is 0 Å². The third-order valence-corrected chi connectivity index (χ3v) is 5.08. The number of aryl methyl sites for hydroxylation is 1. The second-order valence-corrected chi connectivity index (χ2v) is 7.41. The van der Waals surface area contributed by atoms with Gasteiger partial charge in [0.1, 0.15) is 11.4 Å². The van der Waals surface area contributed by atoms with E-state index in [1.807, 2.05) is 30.3 Å². The van der Waals surface area contributed by atoms with Crippen molar-refractivity contribution in [2.24, 2.45) is 0 Å². The van der Waals surface area contributed by atoms with Gasteiger partial charge in [-0.1, -0.05) is 31.0 Å². The van der Waals surface area contributed by atoms with Gasteiger partial charge in [0.15, 0.2) is 11.6 Å². The molecule has 31 heavy (non-hydrogen) atoms. The molecule has 0 radical (unpaired) electrons. The summed E-state index contributed by atoms with van der Waals surface area (Å²) in [5.41, 5.74) is 3.56. The molecule has 0 aliphatic carbocycles. The highest BCUT2D eigenvalue weighted by Crippen LogP contribution is 2.22. The van der Waals surface area contributed by atoms with E-state index in [-0.39, 0.29) is 5.91 Å². The van der Waals surface area contributed by atoms with Crippen LogP contribution in [0, 0.1) is 0 Å². The molecule has 4 rings (SSSR count). The van der Waals surface area contributed by atoms with Crippen molar-refractivity contribution in [2.45, 2.75) is 32.1 Å². The standard InChI is InChI=1S/C24H26N6O/c31-24(19-9-5-3-6-10-19)29-11-7-2-1-4-8-18-16-20(22-25-12-13-26-22)30-21(17-18)23-27-14-15-28-23/h3,5-6,9-10,12-17H,1-2,4,7-8,11H2,(H,25,26)(H,27,28)(H,29,31). The van der Waals surface area contributed by atoms with Crippen molar-refractivity contribution in [3.8, 4) is 23.0 Å². The zero-order valence-electron chi connectivity index (χ0n) is 17.3. The molecule has 0 aliphatic heterocycles. The number of aromatic nitrogens is 5. The van der Waals surface area contributed by atoms with Crippen molar-refractivity contribution in [3.05, 3.63) is 78.4 Å². The minimum atomic E-state index is -0.00621. The maximum atomic E-state index is 12.0. The average Bonchev–Trinajstić information content (AvgIpc) is 3.53. The molecule has 0 aliphatic rings. The summed E-state index contributed by atoms with van der Waals surface area (Å²) in [6.07, 6.45) is 12.3. The minimum absolute atomic E-state index is 0.00621. The summed E-state index contributed by atoms with van der Waals surface area (Å²) in [5, 5.41) is 2.99. The van der Waals surface area contributed by atoms with Crippen LogP contribution in [0.2, 0.25) is 0 Å². The lowest BCUT2D eigenvalue weighted by atomic mass is 10.0. The third kappa shape index (κ3) is 5.66. The molecule has 1 aromatic carbocycles. The van der Waals surface area contributed by atoms with Gasteiger partial charge in [-0.3, -0.25) is 4.79 Å². The lowest BCUT2D eigenvalue weighted by Crippen LogP contribution is -2.24. The molecule has 4 aromatic rings. The Morgan fingerprint density at radius 1 is 0.839 bits per heavy atom. The van der Waals surface area contributed by atoms with Crippen LogP contribution in [0.4, 0.5) is 0 Å². The highest BCUT2D eigenvalue weighted by atomic mass is 16.1. The van der Waals surface area contributed by atoms with Crippen molar-refractivity contribution in [1.82, 2.24) is 30.2 Å². The highest BCUT2D eigenvalue weighted by molar-refractivity contribution is 5.94. The van der Waals surface area contributed by atoms with Crippen molar-refractivity contribution in [1.29, 1.82) is 0 Å². The first kappa shape index (κ1) is 20.5. The van der Waals surface area contributed by atoms with E-state index in [2.05, 4.69) is 37.4 Å².